The smallest absolute Gasteiger partial charge is 0.206 e. The Kier molecular flexibility index (Phi) is 8.48. The third-order valence-electron chi connectivity index (χ3n) is 7.85. The Morgan fingerprint density at radius 1 is 0.629 bits per heavy atom. The summed E-state index contributed by atoms with van der Waals surface area (Å²) in [6.45, 7) is 13.0. The molecular formula is C31H40O3S. The van der Waals surface area contributed by atoms with Gasteiger partial charge in [0.2, 0.25) is 9.84 Å². The van der Waals surface area contributed by atoms with E-state index in [1.54, 1.807) is 24.3 Å². The van der Waals surface area contributed by atoms with Crippen LogP contribution in [0.25, 0.3) is 0 Å². The van der Waals surface area contributed by atoms with E-state index in [9.17, 15) is 8.42 Å². The molecule has 0 atom stereocenters. The zero-order chi connectivity index (χ0) is 25.7. The number of ether oxygens (including phenoxy) is 1. The van der Waals surface area contributed by atoms with Crippen LogP contribution in [0.4, 0.5) is 0 Å². The van der Waals surface area contributed by atoms with Gasteiger partial charge in [-0.05, 0) is 97.5 Å². The molecule has 0 unspecified atom stereocenters. The van der Waals surface area contributed by atoms with Crippen molar-refractivity contribution in [2.45, 2.75) is 94.5 Å². The fraction of sp³-hybridized carbons (Fsp3) is 0.419. The minimum Gasteiger partial charge on any atom is -0.488 e. The first-order valence-corrected chi connectivity index (χ1v) is 14.3. The van der Waals surface area contributed by atoms with Gasteiger partial charge in [0.05, 0.1) is 9.79 Å². The third-order valence-corrected chi connectivity index (χ3v) is 9.63. The molecule has 3 aromatic carbocycles. The van der Waals surface area contributed by atoms with Crippen molar-refractivity contribution in [2.75, 3.05) is 0 Å². The van der Waals surface area contributed by atoms with Crippen LogP contribution in [0.2, 0.25) is 0 Å². The molecule has 188 valence electrons. The van der Waals surface area contributed by atoms with Gasteiger partial charge < -0.3 is 4.74 Å². The van der Waals surface area contributed by atoms with Gasteiger partial charge in [-0.3, -0.25) is 0 Å². The van der Waals surface area contributed by atoms with Crippen molar-refractivity contribution in [2.24, 2.45) is 0 Å². The second-order valence-corrected chi connectivity index (χ2v) is 12.0. The largest absolute Gasteiger partial charge is 0.488 e. The van der Waals surface area contributed by atoms with Crippen molar-refractivity contribution in [3.63, 3.8) is 0 Å². The maximum absolute atomic E-state index is 13.2. The predicted molar refractivity (Wildman–Crippen MR) is 145 cm³/mol. The monoisotopic (exact) mass is 492 g/mol. The molecule has 0 spiro atoms. The van der Waals surface area contributed by atoms with Crippen molar-refractivity contribution in [3.05, 3.63) is 89.5 Å². The molecule has 4 heteroatoms. The van der Waals surface area contributed by atoms with Gasteiger partial charge >= 0.3 is 0 Å². The highest BCUT2D eigenvalue weighted by Crippen LogP contribution is 2.32. The van der Waals surface area contributed by atoms with Gasteiger partial charge in [0.25, 0.3) is 0 Å². The van der Waals surface area contributed by atoms with Crippen LogP contribution in [-0.4, -0.2) is 14.0 Å². The third kappa shape index (κ3) is 6.16. The highest BCUT2D eigenvalue weighted by molar-refractivity contribution is 7.91. The standard InChI is InChI=1S/C31H40O3S/c1-7-30(5,8-2)26-15-21-29(22-16-26)35(32,33)28-19-13-25(14-20-28)23-24-11-17-27(18-12-24)34-31(6,9-3)10-4/h11-22H,7-10,23H2,1-6H3. The van der Waals surface area contributed by atoms with Crippen LogP contribution in [0, 0.1) is 0 Å². The summed E-state index contributed by atoms with van der Waals surface area (Å²) in [6, 6.07) is 22.8. The molecule has 0 radical (unpaired) electrons. The van der Waals surface area contributed by atoms with Gasteiger partial charge in [0, 0.05) is 0 Å². The van der Waals surface area contributed by atoms with E-state index >= 15 is 0 Å². The first kappa shape index (κ1) is 27.0. The summed E-state index contributed by atoms with van der Waals surface area (Å²) in [7, 11) is -3.55. The van der Waals surface area contributed by atoms with Crippen molar-refractivity contribution >= 4 is 9.84 Å². The molecule has 0 amide bonds. The summed E-state index contributed by atoms with van der Waals surface area (Å²) < 4.78 is 32.6. The number of hydrogen-bond donors (Lipinski definition) is 0. The molecule has 0 fully saturated rings. The van der Waals surface area contributed by atoms with E-state index in [4.69, 9.17) is 4.74 Å². The fourth-order valence-corrected chi connectivity index (χ4v) is 5.47. The van der Waals surface area contributed by atoms with Gasteiger partial charge in [-0.25, -0.2) is 8.42 Å². The molecule has 0 aromatic heterocycles. The Bertz CT molecular complexity index is 1180. The lowest BCUT2D eigenvalue weighted by molar-refractivity contribution is 0.0803. The summed E-state index contributed by atoms with van der Waals surface area (Å²) in [5, 5.41) is 0. The zero-order valence-corrected chi connectivity index (χ0v) is 22.9. The highest BCUT2D eigenvalue weighted by atomic mass is 32.2. The van der Waals surface area contributed by atoms with Crippen LogP contribution >= 0.6 is 0 Å². The highest BCUT2D eigenvalue weighted by Gasteiger charge is 2.24. The molecule has 0 aliphatic rings. The van der Waals surface area contributed by atoms with Crippen LogP contribution in [0.1, 0.15) is 83.9 Å². The average molecular weight is 493 g/mol. The molecule has 0 aliphatic heterocycles. The van der Waals surface area contributed by atoms with Crippen LogP contribution in [0.5, 0.6) is 5.75 Å². The fourth-order valence-electron chi connectivity index (χ4n) is 4.21. The van der Waals surface area contributed by atoms with Crippen LogP contribution in [0.3, 0.4) is 0 Å². The summed E-state index contributed by atoms with van der Waals surface area (Å²) in [5.41, 5.74) is 3.34. The first-order valence-electron chi connectivity index (χ1n) is 12.8. The molecule has 35 heavy (non-hydrogen) atoms. The number of sulfone groups is 1. The Balaban J connectivity index is 1.71. The van der Waals surface area contributed by atoms with Crippen LogP contribution in [0.15, 0.2) is 82.6 Å². The quantitative estimate of drug-likeness (QED) is 0.271. The Morgan fingerprint density at radius 2 is 1.06 bits per heavy atom. The lowest BCUT2D eigenvalue weighted by atomic mass is 9.78. The first-order chi connectivity index (χ1) is 16.6. The average Bonchev–Trinajstić information content (AvgIpc) is 2.89. The molecule has 0 heterocycles. The van der Waals surface area contributed by atoms with Gasteiger partial charge in [0.1, 0.15) is 11.4 Å². The molecule has 3 nitrogen and oxygen atoms in total. The normalized spacial score (nSPS) is 12.5. The lowest BCUT2D eigenvalue weighted by Gasteiger charge is -2.28. The minimum atomic E-state index is -3.55. The van der Waals surface area contributed by atoms with Gasteiger partial charge in [-0.15, -0.1) is 0 Å². The molecule has 3 rings (SSSR count). The van der Waals surface area contributed by atoms with Gasteiger partial charge in [-0.2, -0.15) is 0 Å². The van der Waals surface area contributed by atoms with E-state index in [0.717, 1.165) is 49.0 Å². The minimum absolute atomic E-state index is 0.0694. The molecule has 3 aromatic rings. The van der Waals surface area contributed by atoms with E-state index < -0.39 is 9.84 Å². The maximum Gasteiger partial charge on any atom is 0.206 e. The molecule has 0 saturated carbocycles. The Labute approximate surface area is 212 Å². The van der Waals surface area contributed by atoms with Crippen molar-refractivity contribution in [1.82, 2.24) is 0 Å². The second kappa shape index (κ2) is 11.0. The SMILES string of the molecule is CCC(C)(CC)Oc1ccc(Cc2ccc(S(=O)(=O)c3ccc(C(C)(CC)CC)cc3)cc2)cc1. The van der Waals surface area contributed by atoms with Crippen molar-refractivity contribution in [1.29, 1.82) is 0 Å². The second-order valence-electron chi connectivity index (χ2n) is 10.0. The zero-order valence-electron chi connectivity index (χ0n) is 22.1. The summed E-state index contributed by atoms with van der Waals surface area (Å²) >= 11 is 0. The summed E-state index contributed by atoms with van der Waals surface area (Å²) in [5.74, 6) is 0.880. The van der Waals surface area contributed by atoms with E-state index in [1.807, 2.05) is 36.4 Å². The molecular weight excluding hydrogens is 452 g/mol. The molecule has 0 bridgehead atoms. The number of rotatable bonds is 11. The van der Waals surface area contributed by atoms with E-state index in [-0.39, 0.29) is 11.0 Å². The summed E-state index contributed by atoms with van der Waals surface area (Å²) in [4.78, 5) is 0.662. The topological polar surface area (TPSA) is 43.4 Å². The maximum atomic E-state index is 13.2. The van der Waals surface area contributed by atoms with E-state index in [1.165, 1.54) is 5.56 Å². The van der Waals surface area contributed by atoms with Gasteiger partial charge in [-0.1, -0.05) is 71.0 Å². The predicted octanol–water partition coefficient (Wildman–Crippen LogP) is 8.15. The summed E-state index contributed by atoms with van der Waals surface area (Å²) in [6.07, 6.45) is 4.69. The Morgan fingerprint density at radius 3 is 1.49 bits per heavy atom. The lowest BCUT2D eigenvalue weighted by Crippen LogP contribution is -2.30. The molecule has 0 N–H and O–H groups in total. The number of hydrogen-bond acceptors (Lipinski definition) is 3. The van der Waals surface area contributed by atoms with Crippen molar-refractivity contribution < 1.29 is 13.2 Å². The van der Waals surface area contributed by atoms with E-state index in [2.05, 4.69) is 53.7 Å². The van der Waals surface area contributed by atoms with Crippen molar-refractivity contribution in [3.8, 4) is 5.75 Å². The molecule has 0 saturated heterocycles. The van der Waals surface area contributed by atoms with E-state index in [0.29, 0.717) is 9.79 Å². The van der Waals surface area contributed by atoms with Gasteiger partial charge in [0.15, 0.2) is 0 Å². The van der Waals surface area contributed by atoms with Crippen LogP contribution < -0.4 is 4.74 Å². The molecule has 0 aliphatic carbocycles. The number of benzene rings is 3. The Hall–Kier alpha value is -2.59. The van der Waals surface area contributed by atoms with Crippen LogP contribution in [-0.2, 0) is 21.7 Å².